The molecule has 0 spiro atoms. The first-order chi connectivity index (χ1) is 8.91. The summed E-state index contributed by atoms with van der Waals surface area (Å²) in [4.78, 5) is 21.1. The van der Waals surface area contributed by atoms with Gasteiger partial charge in [0.1, 0.15) is 0 Å². The fourth-order valence-corrected chi connectivity index (χ4v) is 1.91. The average Bonchev–Trinajstić information content (AvgIpc) is 2.12. The number of nitrogens with one attached hydrogen (secondary N) is 2. The summed E-state index contributed by atoms with van der Waals surface area (Å²) < 4.78 is 45.1. The summed E-state index contributed by atoms with van der Waals surface area (Å²) in [6, 6.07) is 0. The predicted molar refractivity (Wildman–Crippen MR) is 74.6 cm³/mol. The number of hydrogen-bond acceptors (Lipinski definition) is 7. The minimum absolute atomic E-state index is 0.0348. The van der Waals surface area contributed by atoms with E-state index in [1.54, 1.807) is 4.72 Å². The lowest BCUT2D eigenvalue weighted by Crippen LogP contribution is -2.30. The molecule has 11 heteroatoms. The maximum absolute atomic E-state index is 10.6. The van der Waals surface area contributed by atoms with Crippen molar-refractivity contribution in [1.82, 2.24) is 9.44 Å². The molecule has 20 heavy (non-hydrogen) atoms. The SMILES string of the molecule is CCCC(=O)NS(C)(=O)=O.CS(=O)(=O)NC(=O)CCN. The Kier molecular flexibility index (Phi) is 10.2. The number of nitrogens with two attached hydrogens (primary N) is 1. The van der Waals surface area contributed by atoms with Crippen LogP contribution in [0.1, 0.15) is 26.2 Å². The van der Waals surface area contributed by atoms with Gasteiger partial charge in [-0.2, -0.15) is 0 Å². The summed E-state index contributed by atoms with van der Waals surface area (Å²) in [6.07, 6.45) is 2.82. The lowest BCUT2D eigenvalue weighted by atomic mass is 10.3. The molecule has 0 fully saturated rings. The Hall–Kier alpha value is -1.20. The van der Waals surface area contributed by atoms with E-state index in [4.69, 9.17) is 5.73 Å². The van der Waals surface area contributed by atoms with Gasteiger partial charge in [-0.1, -0.05) is 6.92 Å². The molecule has 0 radical (unpaired) electrons. The summed E-state index contributed by atoms with van der Waals surface area (Å²) >= 11 is 0. The monoisotopic (exact) mass is 331 g/mol. The zero-order chi connectivity index (χ0) is 16.4. The minimum Gasteiger partial charge on any atom is -0.330 e. The lowest BCUT2D eigenvalue weighted by Gasteiger charge is -1.98. The molecule has 0 bridgehead atoms. The van der Waals surface area contributed by atoms with Crippen molar-refractivity contribution >= 4 is 31.9 Å². The zero-order valence-electron chi connectivity index (χ0n) is 11.7. The van der Waals surface area contributed by atoms with Crippen LogP contribution in [0.4, 0.5) is 0 Å². The van der Waals surface area contributed by atoms with E-state index in [-0.39, 0.29) is 19.4 Å². The highest BCUT2D eigenvalue weighted by molar-refractivity contribution is 7.89. The van der Waals surface area contributed by atoms with Crippen molar-refractivity contribution in [2.24, 2.45) is 5.73 Å². The summed E-state index contributed by atoms with van der Waals surface area (Å²) in [5, 5.41) is 0. The van der Waals surface area contributed by atoms with Gasteiger partial charge in [-0.15, -0.1) is 0 Å². The van der Waals surface area contributed by atoms with Crippen LogP contribution in [-0.2, 0) is 29.6 Å². The Morgan fingerprint density at radius 2 is 1.25 bits per heavy atom. The standard InChI is InChI=1S/C5H11NO3S.C4H10N2O3S/c1-3-4-5(7)6-10(2,8)9;1-10(8,9)6-4(7)2-3-5/h3-4H2,1-2H3,(H,6,7);2-3,5H2,1H3,(H,6,7). The van der Waals surface area contributed by atoms with Gasteiger partial charge in [0.25, 0.3) is 0 Å². The van der Waals surface area contributed by atoms with Crippen molar-refractivity contribution in [3.63, 3.8) is 0 Å². The van der Waals surface area contributed by atoms with E-state index in [0.29, 0.717) is 6.42 Å². The van der Waals surface area contributed by atoms with Crippen LogP contribution in [0.3, 0.4) is 0 Å². The second-order valence-corrected chi connectivity index (χ2v) is 7.38. The summed E-state index contributed by atoms with van der Waals surface area (Å²) in [5.74, 6) is -1.00. The van der Waals surface area contributed by atoms with E-state index in [0.717, 1.165) is 12.5 Å². The van der Waals surface area contributed by atoms with Crippen molar-refractivity contribution in [2.45, 2.75) is 26.2 Å². The molecule has 0 aromatic rings. The zero-order valence-corrected chi connectivity index (χ0v) is 13.3. The quantitative estimate of drug-likeness (QED) is 0.523. The first kappa shape index (κ1) is 21.1. The molecule has 0 saturated carbocycles. The Morgan fingerprint density at radius 1 is 0.900 bits per heavy atom. The molecule has 0 rings (SSSR count). The van der Waals surface area contributed by atoms with E-state index in [2.05, 4.69) is 0 Å². The number of rotatable bonds is 6. The third-order valence-electron chi connectivity index (χ3n) is 1.45. The summed E-state index contributed by atoms with van der Waals surface area (Å²) in [5.41, 5.74) is 4.99. The number of carbonyl (C=O) groups excluding carboxylic acids is 2. The lowest BCUT2D eigenvalue weighted by molar-refractivity contribution is -0.120. The Bertz CT molecular complexity index is 464. The molecule has 9 nitrogen and oxygen atoms in total. The molecular weight excluding hydrogens is 310 g/mol. The second-order valence-electron chi connectivity index (χ2n) is 3.88. The molecule has 0 unspecified atom stereocenters. The smallest absolute Gasteiger partial charge is 0.234 e. The molecule has 2 amide bonds. The van der Waals surface area contributed by atoms with Gasteiger partial charge in [0.05, 0.1) is 12.5 Å². The number of hydrogen-bond donors (Lipinski definition) is 3. The molecular formula is C9H21N3O6S2. The van der Waals surface area contributed by atoms with Crippen LogP contribution in [0.5, 0.6) is 0 Å². The van der Waals surface area contributed by atoms with Crippen LogP contribution in [0.25, 0.3) is 0 Å². The van der Waals surface area contributed by atoms with Gasteiger partial charge in [-0.25, -0.2) is 16.8 Å². The van der Waals surface area contributed by atoms with Crippen LogP contribution >= 0.6 is 0 Å². The Morgan fingerprint density at radius 3 is 1.50 bits per heavy atom. The van der Waals surface area contributed by atoms with Crippen molar-refractivity contribution in [2.75, 3.05) is 19.1 Å². The fourth-order valence-electron chi connectivity index (χ4n) is 0.874. The maximum atomic E-state index is 10.6. The van der Waals surface area contributed by atoms with E-state index in [9.17, 15) is 26.4 Å². The second kappa shape index (κ2) is 9.66. The normalized spacial score (nSPS) is 11.0. The molecule has 0 aromatic carbocycles. The van der Waals surface area contributed by atoms with Gasteiger partial charge in [0.2, 0.25) is 31.9 Å². The molecule has 0 saturated heterocycles. The minimum atomic E-state index is -3.40. The largest absolute Gasteiger partial charge is 0.330 e. The van der Waals surface area contributed by atoms with Gasteiger partial charge >= 0.3 is 0 Å². The molecule has 120 valence electrons. The van der Waals surface area contributed by atoms with Gasteiger partial charge < -0.3 is 5.73 Å². The number of amides is 2. The average molecular weight is 331 g/mol. The first-order valence-corrected chi connectivity index (χ1v) is 9.40. The third kappa shape index (κ3) is 19.1. The van der Waals surface area contributed by atoms with E-state index in [1.807, 2.05) is 11.6 Å². The Balaban J connectivity index is 0. The maximum Gasteiger partial charge on any atom is 0.234 e. The van der Waals surface area contributed by atoms with Crippen LogP contribution in [0, 0.1) is 0 Å². The van der Waals surface area contributed by atoms with Crippen molar-refractivity contribution in [1.29, 1.82) is 0 Å². The molecule has 4 N–H and O–H groups in total. The highest BCUT2D eigenvalue weighted by atomic mass is 32.2. The number of carbonyl (C=O) groups is 2. The highest BCUT2D eigenvalue weighted by Gasteiger charge is 2.06. The topological polar surface area (TPSA) is 152 Å². The van der Waals surface area contributed by atoms with Crippen LogP contribution in [0.2, 0.25) is 0 Å². The van der Waals surface area contributed by atoms with Gasteiger partial charge in [0.15, 0.2) is 0 Å². The van der Waals surface area contributed by atoms with Crippen LogP contribution in [-0.4, -0.2) is 47.7 Å². The molecule has 0 aromatic heterocycles. The Labute approximate surface area is 119 Å². The van der Waals surface area contributed by atoms with Gasteiger partial charge in [-0.3, -0.25) is 19.0 Å². The molecule has 0 aliphatic carbocycles. The molecule has 0 atom stereocenters. The molecule has 0 heterocycles. The van der Waals surface area contributed by atoms with Crippen molar-refractivity contribution in [3.05, 3.63) is 0 Å². The van der Waals surface area contributed by atoms with E-state index >= 15 is 0 Å². The van der Waals surface area contributed by atoms with Crippen molar-refractivity contribution < 1.29 is 26.4 Å². The fraction of sp³-hybridized carbons (Fsp3) is 0.778. The number of sulfonamides is 2. The van der Waals surface area contributed by atoms with Crippen molar-refractivity contribution in [3.8, 4) is 0 Å². The van der Waals surface area contributed by atoms with Gasteiger partial charge in [-0.05, 0) is 6.42 Å². The van der Waals surface area contributed by atoms with Gasteiger partial charge in [0, 0.05) is 19.4 Å². The molecule has 0 aliphatic rings. The van der Waals surface area contributed by atoms with Crippen LogP contribution < -0.4 is 15.2 Å². The predicted octanol–water partition coefficient (Wildman–Crippen LogP) is -1.73. The molecule has 0 aliphatic heterocycles. The first-order valence-electron chi connectivity index (χ1n) is 5.62. The van der Waals surface area contributed by atoms with E-state index < -0.39 is 31.9 Å². The summed E-state index contributed by atoms with van der Waals surface area (Å²) in [7, 11) is -6.75. The summed E-state index contributed by atoms with van der Waals surface area (Å²) in [6.45, 7) is 1.96. The highest BCUT2D eigenvalue weighted by Crippen LogP contribution is 1.86. The van der Waals surface area contributed by atoms with E-state index in [1.165, 1.54) is 0 Å². The third-order valence-corrected chi connectivity index (χ3v) is 2.64. The van der Waals surface area contributed by atoms with Crippen LogP contribution in [0.15, 0.2) is 0 Å².